The maximum Gasteiger partial charge on any atom is 0.311 e. The molecule has 2 aliphatic rings. The molecule has 1 fully saturated rings. The summed E-state index contributed by atoms with van der Waals surface area (Å²) in [6.07, 6.45) is -0.237. The van der Waals surface area contributed by atoms with Gasteiger partial charge in [0.05, 0.1) is 7.11 Å². The first kappa shape index (κ1) is 17.6. The highest BCUT2D eigenvalue weighted by Crippen LogP contribution is 2.58. The van der Waals surface area contributed by atoms with Crippen molar-refractivity contribution in [2.24, 2.45) is 5.92 Å². The molecule has 0 spiro atoms. The van der Waals surface area contributed by atoms with E-state index in [2.05, 4.69) is 6.92 Å². The zero-order valence-electron chi connectivity index (χ0n) is 16.1. The first-order chi connectivity index (χ1) is 14.0. The fourth-order valence-corrected chi connectivity index (χ4v) is 4.15. The molecule has 0 radical (unpaired) electrons. The first-order valence-corrected chi connectivity index (χ1v) is 9.51. The number of methoxy groups -OCH3 is 1. The summed E-state index contributed by atoms with van der Waals surface area (Å²) in [5.41, 5.74) is 4.26. The average Bonchev–Trinajstić information content (AvgIpc) is 3.31. The molecule has 0 saturated heterocycles. The Balaban J connectivity index is 1.37. The Kier molecular flexibility index (Phi) is 3.98. The molecule has 5 nitrogen and oxygen atoms in total. The average molecular weight is 388 g/mol. The molecule has 146 valence electrons. The van der Waals surface area contributed by atoms with Crippen molar-refractivity contribution in [2.75, 3.05) is 7.11 Å². The van der Waals surface area contributed by atoms with Gasteiger partial charge >= 0.3 is 5.97 Å². The number of rotatable bonds is 5. The number of hydrogen-bond acceptors (Lipinski definition) is 4. The molecule has 3 aromatic rings. The number of fused-ring (bicyclic) bond motifs is 3. The van der Waals surface area contributed by atoms with Crippen LogP contribution in [-0.2, 0) is 4.79 Å². The largest absolute Gasteiger partial charge is 0.497 e. The van der Waals surface area contributed by atoms with Crippen LogP contribution in [0.25, 0.3) is 11.1 Å². The molecule has 29 heavy (non-hydrogen) atoms. The van der Waals surface area contributed by atoms with Gasteiger partial charge in [0.25, 0.3) is 0 Å². The summed E-state index contributed by atoms with van der Waals surface area (Å²) in [5, 5.41) is 9.19. The van der Waals surface area contributed by atoms with Gasteiger partial charge in [0.15, 0.2) is 0 Å². The van der Waals surface area contributed by atoms with Crippen LogP contribution in [0.15, 0.2) is 60.7 Å². The Labute approximate surface area is 168 Å². The van der Waals surface area contributed by atoms with Gasteiger partial charge in [0.1, 0.15) is 35.0 Å². The number of aliphatic carboxylic acids is 1. The molecule has 3 atom stereocenters. The lowest BCUT2D eigenvalue weighted by Gasteiger charge is -2.12. The van der Waals surface area contributed by atoms with Gasteiger partial charge in [0, 0.05) is 17.5 Å². The molecule has 3 unspecified atom stereocenters. The van der Waals surface area contributed by atoms with Gasteiger partial charge in [-0.25, -0.2) is 0 Å². The van der Waals surface area contributed by atoms with Gasteiger partial charge < -0.3 is 19.3 Å². The zero-order chi connectivity index (χ0) is 20.1. The quantitative estimate of drug-likeness (QED) is 0.665. The van der Waals surface area contributed by atoms with Crippen molar-refractivity contribution in [3.63, 3.8) is 0 Å². The van der Waals surface area contributed by atoms with Crippen LogP contribution in [0.1, 0.15) is 17.0 Å². The van der Waals surface area contributed by atoms with Crippen LogP contribution < -0.4 is 14.2 Å². The molecule has 1 N–H and O–H groups in total. The number of ether oxygens (including phenoxy) is 3. The van der Waals surface area contributed by atoms with Crippen molar-refractivity contribution in [3.05, 3.63) is 71.8 Å². The highest BCUT2D eigenvalue weighted by molar-refractivity contribution is 5.79. The number of carbonyl (C=O) groups is 1. The van der Waals surface area contributed by atoms with E-state index >= 15 is 0 Å². The molecule has 0 amide bonds. The maximum atomic E-state index is 11.2. The van der Waals surface area contributed by atoms with E-state index in [-0.39, 0.29) is 12.0 Å². The molecule has 1 aliphatic heterocycles. The van der Waals surface area contributed by atoms with Crippen molar-refractivity contribution in [3.8, 4) is 34.1 Å². The van der Waals surface area contributed by atoms with E-state index in [0.29, 0.717) is 5.75 Å². The molecule has 3 aromatic carbocycles. The Hall–Kier alpha value is -3.47. The summed E-state index contributed by atoms with van der Waals surface area (Å²) >= 11 is 0. The Morgan fingerprint density at radius 3 is 2.55 bits per heavy atom. The number of aryl methyl sites for hydroxylation is 1. The highest BCUT2D eigenvalue weighted by atomic mass is 16.5. The number of benzene rings is 3. The number of carboxylic acid groups (broad SMARTS) is 1. The molecule has 5 heteroatoms. The van der Waals surface area contributed by atoms with Crippen molar-refractivity contribution in [1.29, 1.82) is 0 Å². The van der Waals surface area contributed by atoms with E-state index in [1.165, 1.54) is 0 Å². The van der Waals surface area contributed by atoms with Crippen LogP contribution in [0.2, 0.25) is 0 Å². The zero-order valence-corrected chi connectivity index (χ0v) is 16.1. The fraction of sp³-hybridized carbons (Fsp3) is 0.208. The van der Waals surface area contributed by atoms with E-state index in [1.54, 1.807) is 7.11 Å². The van der Waals surface area contributed by atoms with Gasteiger partial charge in [-0.3, -0.25) is 4.79 Å². The standard InChI is InChI=1S/C24H20O5/c1-13-10-15(27-2)6-8-18(13)14-4-3-5-16(11-14)28-17-7-9-19-20(12-17)29-23-21(19)22(23)24(25)26/h3-12,21-23H,1-2H3,(H,25,26). The number of hydrogen-bond donors (Lipinski definition) is 1. The molecular weight excluding hydrogens is 368 g/mol. The third kappa shape index (κ3) is 2.99. The molecule has 0 bridgehead atoms. The van der Waals surface area contributed by atoms with Crippen molar-refractivity contribution >= 4 is 5.97 Å². The van der Waals surface area contributed by atoms with Gasteiger partial charge in [-0.2, -0.15) is 0 Å². The first-order valence-electron chi connectivity index (χ1n) is 9.51. The predicted molar refractivity (Wildman–Crippen MR) is 108 cm³/mol. The van der Waals surface area contributed by atoms with Crippen LogP contribution in [0.5, 0.6) is 23.0 Å². The number of carboxylic acids is 1. The molecule has 5 rings (SSSR count). The summed E-state index contributed by atoms with van der Waals surface area (Å²) in [7, 11) is 1.66. The van der Waals surface area contributed by atoms with Crippen LogP contribution in [0, 0.1) is 12.8 Å². The van der Waals surface area contributed by atoms with Crippen LogP contribution in [0.3, 0.4) is 0 Å². The van der Waals surface area contributed by atoms with E-state index in [0.717, 1.165) is 39.5 Å². The van der Waals surface area contributed by atoms with Crippen molar-refractivity contribution in [1.82, 2.24) is 0 Å². The Bertz CT molecular complexity index is 1120. The minimum absolute atomic E-state index is 0.0297. The lowest BCUT2D eigenvalue weighted by molar-refractivity contribution is -0.139. The smallest absolute Gasteiger partial charge is 0.311 e. The summed E-state index contributed by atoms with van der Waals surface area (Å²) in [4.78, 5) is 11.2. The van der Waals surface area contributed by atoms with Gasteiger partial charge in [-0.15, -0.1) is 0 Å². The van der Waals surface area contributed by atoms with Gasteiger partial charge in [-0.05, 0) is 53.9 Å². The van der Waals surface area contributed by atoms with Gasteiger partial charge in [0.2, 0.25) is 0 Å². The molecule has 0 aromatic heterocycles. The molecular formula is C24H20O5. The third-order valence-corrected chi connectivity index (χ3v) is 5.66. The second-order valence-electron chi connectivity index (χ2n) is 7.48. The minimum Gasteiger partial charge on any atom is -0.497 e. The summed E-state index contributed by atoms with van der Waals surface area (Å²) in [6, 6.07) is 19.5. The highest BCUT2D eigenvalue weighted by Gasteiger charge is 2.63. The van der Waals surface area contributed by atoms with Crippen LogP contribution >= 0.6 is 0 Å². The SMILES string of the molecule is COc1ccc(-c2cccc(Oc3ccc4c(c3)OC3C(C(=O)O)C43)c2)c(C)c1. The Morgan fingerprint density at radius 2 is 1.79 bits per heavy atom. The van der Waals surface area contributed by atoms with E-state index in [9.17, 15) is 9.90 Å². The van der Waals surface area contributed by atoms with E-state index < -0.39 is 11.9 Å². The van der Waals surface area contributed by atoms with E-state index in [1.807, 2.05) is 60.7 Å². The van der Waals surface area contributed by atoms with E-state index in [4.69, 9.17) is 14.2 Å². The summed E-state index contributed by atoms with van der Waals surface area (Å²) in [6.45, 7) is 2.05. The van der Waals surface area contributed by atoms with Crippen LogP contribution in [-0.4, -0.2) is 24.3 Å². The topological polar surface area (TPSA) is 65.0 Å². The monoisotopic (exact) mass is 388 g/mol. The maximum absolute atomic E-state index is 11.2. The minimum atomic E-state index is -0.795. The lowest BCUT2D eigenvalue weighted by atomic mass is 10.0. The van der Waals surface area contributed by atoms with Crippen molar-refractivity contribution < 1.29 is 24.1 Å². The third-order valence-electron chi connectivity index (χ3n) is 5.66. The molecule has 1 aliphatic carbocycles. The summed E-state index contributed by atoms with van der Waals surface area (Å²) in [5.74, 6) is 1.70. The fourth-order valence-electron chi connectivity index (χ4n) is 4.15. The molecule has 1 heterocycles. The van der Waals surface area contributed by atoms with Crippen molar-refractivity contribution in [2.45, 2.75) is 18.9 Å². The normalized spacial score (nSPS) is 21.0. The second kappa shape index (κ2) is 6.55. The second-order valence-corrected chi connectivity index (χ2v) is 7.48. The van der Waals surface area contributed by atoms with Crippen LogP contribution in [0.4, 0.5) is 0 Å². The Morgan fingerprint density at radius 1 is 1.00 bits per heavy atom. The predicted octanol–water partition coefficient (Wildman–Crippen LogP) is 5.02. The van der Waals surface area contributed by atoms with Gasteiger partial charge in [-0.1, -0.05) is 24.3 Å². The lowest BCUT2D eigenvalue weighted by Crippen LogP contribution is -2.08. The summed E-state index contributed by atoms with van der Waals surface area (Å²) < 4.78 is 17.1. The molecule has 1 saturated carbocycles.